The highest BCUT2D eigenvalue weighted by atomic mass is 16.5. The van der Waals surface area contributed by atoms with Crippen molar-refractivity contribution in [1.29, 1.82) is 0 Å². The smallest absolute Gasteiger partial charge is 0.341 e. The van der Waals surface area contributed by atoms with Crippen molar-refractivity contribution < 1.29 is 9.53 Å². The van der Waals surface area contributed by atoms with Gasteiger partial charge in [0.05, 0.1) is 29.3 Å². The molecule has 0 aliphatic heterocycles. The van der Waals surface area contributed by atoms with Gasteiger partial charge in [0.1, 0.15) is 0 Å². The van der Waals surface area contributed by atoms with Crippen molar-refractivity contribution in [3.05, 3.63) is 52.6 Å². The molecule has 0 amide bonds. The van der Waals surface area contributed by atoms with Crippen LogP contribution in [0.1, 0.15) is 45.0 Å². The summed E-state index contributed by atoms with van der Waals surface area (Å²) in [7, 11) is 0. The lowest BCUT2D eigenvalue weighted by molar-refractivity contribution is 0.0526. The molecule has 0 atom stereocenters. The highest BCUT2D eigenvalue weighted by molar-refractivity contribution is 5.88. The third-order valence-electron chi connectivity index (χ3n) is 2.91. The number of hydrogen-bond donors (Lipinski definition) is 1. The Kier molecular flexibility index (Phi) is 8.05. The molecule has 0 saturated carbocycles. The Morgan fingerprint density at radius 1 is 1.20 bits per heavy atom. The van der Waals surface area contributed by atoms with Gasteiger partial charge in [-0.3, -0.25) is 9.78 Å². The SMILES string of the molecule is CC.CC.CCOC(=O)c1cnn(-c2nc3ccccc3c(=O)[nH]2)c1. The van der Waals surface area contributed by atoms with Crippen LogP contribution in [0.4, 0.5) is 0 Å². The monoisotopic (exact) mass is 344 g/mol. The minimum absolute atomic E-state index is 0.245. The number of esters is 1. The first kappa shape index (κ1) is 20.1. The first-order valence-corrected chi connectivity index (χ1v) is 8.40. The number of hydrogen-bond acceptors (Lipinski definition) is 5. The standard InChI is InChI=1S/C14H12N4O3.2C2H6/c1-2-21-13(20)9-7-15-18(8-9)14-16-11-6-4-3-5-10(11)12(19)17-14;2*1-2/h3-8H,2H2,1H3,(H,16,17,19);2*1-2H3. The van der Waals surface area contributed by atoms with Gasteiger partial charge in [0.15, 0.2) is 0 Å². The summed E-state index contributed by atoms with van der Waals surface area (Å²) >= 11 is 0. The van der Waals surface area contributed by atoms with E-state index in [1.807, 2.05) is 27.7 Å². The molecule has 0 bridgehead atoms. The molecule has 1 N–H and O–H groups in total. The van der Waals surface area contributed by atoms with Crippen LogP contribution in [-0.2, 0) is 4.74 Å². The lowest BCUT2D eigenvalue weighted by Gasteiger charge is -2.02. The number of carbonyl (C=O) groups is 1. The maximum absolute atomic E-state index is 12.0. The van der Waals surface area contributed by atoms with Crippen molar-refractivity contribution in [2.75, 3.05) is 6.61 Å². The van der Waals surface area contributed by atoms with E-state index in [2.05, 4.69) is 15.1 Å². The van der Waals surface area contributed by atoms with E-state index in [0.717, 1.165) is 0 Å². The van der Waals surface area contributed by atoms with Gasteiger partial charge < -0.3 is 4.74 Å². The van der Waals surface area contributed by atoms with E-state index in [1.54, 1.807) is 31.2 Å². The summed E-state index contributed by atoms with van der Waals surface area (Å²) in [6.45, 7) is 10.0. The molecule has 1 aromatic carbocycles. The zero-order valence-electron chi connectivity index (χ0n) is 15.2. The summed E-state index contributed by atoms with van der Waals surface area (Å²) in [5, 5.41) is 4.52. The molecule has 7 heteroatoms. The lowest BCUT2D eigenvalue weighted by atomic mass is 10.2. The highest BCUT2D eigenvalue weighted by Gasteiger charge is 2.12. The maximum Gasteiger partial charge on any atom is 0.341 e. The molecule has 2 heterocycles. The molecule has 2 aromatic heterocycles. The molecule has 3 aromatic rings. The van der Waals surface area contributed by atoms with Gasteiger partial charge in [0, 0.05) is 6.20 Å². The summed E-state index contributed by atoms with van der Waals surface area (Å²) in [6, 6.07) is 7.00. The minimum atomic E-state index is -0.466. The number of nitrogens with one attached hydrogen (secondary N) is 1. The van der Waals surface area contributed by atoms with Gasteiger partial charge in [-0.2, -0.15) is 5.10 Å². The topological polar surface area (TPSA) is 89.9 Å². The second-order valence-electron chi connectivity index (χ2n) is 4.30. The normalized spacial score (nSPS) is 9.48. The van der Waals surface area contributed by atoms with Gasteiger partial charge >= 0.3 is 5.97 Å². The number of H-pyrrole nitrogens is 1. The van der Waals surface area contributed by atoms with E-state index in [1.165, 1.54) is 17.1 Å². The molecular formula is C18H24N4O3. The third kappa shape index (κ3) is 4.76. The Labute approximate surface area is 146 Å². The third-order valence-corrected chi connectivity index (χ3v) is 2.91. The minimum Gasteiger partial charge on any atom is -0.462 e. The van der Waals surface area contributed by atoms with Crippen LogP contribution in [-0.4, -0.2) is 32.3 Å². The number of ether oxygens (including phenoxy) is 1. The summed E-state index contributed by atoms with van der Waals surface area (Å²) in [6.07, 6.45) is 2.83. The van der Waals surface area contributed by atoms with Crippen molar-refractivity contribution >= 4 is 16.9 Å². The lowest BCUT2D eigenvalue weighted by Crippen LogP contribution is -2.13. The summed E-state index contributed by atoms with van der Waals surface area (Å²) in [5.41, 5.74) is 0.598. The van der Waals surface area contributed by atoms with Crippen LogP contribution in [0.25, 0.3) is 16.9 Å². The maximum atomic E-state index is 12.0. The summed E-state index contributed by atoms with van der Waals surface area (Å²) in [5.74, 6) is -0.221. The van der Waals surface area contributed by atoms with Gasteiger partial charge in [-0.05, 0) is 19.1 Å². The molecular weight excluding hydrogens is 320 g/mol. The number of aromatic nitrogens is 4. The summed E-state index contributed by atoms with van der Waals surface area (Å²) < 4.78 is 6.22. The van der Waals surface area contributed by atoms with E-state index >= 15 is 0 Å². The predicted octanol–water partition coefficient (Wildman–Crippen LogP) is 3.34. The van der Waals surface area contributed by atoms with E-state index in [4.69, 9.17) is 4.74 Å². The molecule has 0 aliphatic rings. The number of aromatic amines is 1. The number of para-hydroxylation sites is 1. The Morgan fingerprint density at radius 3 is 2.56 bits per heavy atom. The second kappa shape index (κ2) is 10.0. The van der Waals surface area contributed by atoms with Crippen LogP contribution in [0, 0.1) is 0 Å². The van der Waals surface area contributed by atoms with Crippen molar-refractivity contribution in [1.82, 2.24) is 19.7 Å². The molecule has 25 heavy (non-hydrogen) atoms. The van der Waals surface area contributed by atoms with Gasteiger partial charge in [-0.1, -0.05) is 39.8 Å². The zero-order chi connectivity index (χ0) is 18.8. The predicted molar refractivity (Wildman–Crippen MR) is 98.1 cm³/mol. The number of nitrogens with zero attached hydrogens (tertiary/aromatic N) is 3. The first-order chi connectivity index (χ1) is 12.2. The average molecular weight is 344 g/mol. The van der Waals surface area contributed by atoms with E-state index < -0.39 is 5.97 Å². The molecule has 134 valence electrons. The van der Waals surface area contributed by atoms with Gasteiger partial charge in [0.2, 0.25) is 5.95 Å². The van der Waals surface area contributed by atoms with Crippen LogP contribution in [0.15, 0.2) is 41.5 Å². The molecule has 0 saturated heterocycles. The van der Waals surface area contributed by atoms with Crippen molar-refractivity contribution in [2.24, 2.45) is 0 Å². The Balaban J connectivity index is 0.000000730. The molecule has 0 radical (unpaired) electrons. The van der Waals surface area contributed by atoms with Crippen molar-refractivity contribution in [2.45, 2.75) is 34.6 Å². The fourth-order valence-electron chi connectivity index (χ4n) is 1.94. The number of fused-ring (bicyclic) bond motifs is 1. The molecule has 0 spiro atoms. The van der Waals surface area contributed by atoms with Crippen LogP contribution in [0.2, 0.25) is 0 Å². The van der Waals surface area contributed by atoms with Gasteiger partial charge in [-0.25, -0.2) is 14.5 Å². The van der Waals surface area contributed by atoms with Gasteiger partial charge in [-0.15, -0.1) is 0 Å². The van der Waals surface area contributed by atoms with Crippen LogP contribution < -0.4 is 5.56 Å². The summed E-state index contributed by atoms with van der Waals surface area (Å²) in [4.78, 5) is 30.5. The molecule has 0 fully saturated rings. The second-order valence-corrected chi connectivity index (χ2v) is 4.30. The van der Waals surface area contributed by atoms with Gasteiger partial charge in [0.25, 0.3) is 5.56 Å². The fourth-order valence-corrected chi connectivity index (χ4v) is 1.94. The quantitative estimate of drug-likeness (QED) is 0.736. The molecule has 3 rings (SSSR count). The molecule has 0 aliphatic carbocycles. The largest absolute Gasteiger partial charge is 0.462 e. The fraction of sp³-hybridized carbons (Fsp3) is 0.333. The highest BCUT2D eigenvalue weighted by Crippen LogP contribution is 2.09. The Bertz CT molecular complexity index is 868. The average Bonchev–Trinajstić information content (AvgIpc) is 3.16. The number of carbonyl (C=O) groups excluding carboxylic acids is 1. The van der Waals surface area contributed by atoms with Crippen molar-refractivity contribution in [3.63, 3.8) is 0 Å². The number of benzene rings is 1. The van der Waals surface area contributed by atoms with E-state index in [9.17, 15) is 9.59 Å². The zero-order valence-corrected chi connectivity index (χ0v) is 15.2. The van der Waals surface area contributed by atoms with Crippen molar-refractivity contribution in [3.8, 4) is 5.95 Å². The van der Waals surface area contributed by atoms with E-state index in [-0.39, 0.29) is 18.1 Å². The molecule has 0 unspecified atom stereocenters. The van der Waals surface area contributed by atoms with Crippen LogP contribution in [0.3, 0.4) is 0 Å². The first-order valence-electron chi connectivity index (χ1n) is 8.40. The van der Waals surface area contributed by atoms with Crippen LogP contribution in [0.5, 0.6) is 0 Å². The molecule has 7 nitrogen and oxygen atoms in total. The number of rotatable bonds is 3. The Hall–Kier alpha value is -2.96. The van der Waals surface area contributed by atoms with Crippen LogP contribution >= 0.6 is 0 Å². The Morgan fingerprint density at radius 2 is 1.88 bits per heavy atom. The van der Waals surface area contributed by atoms with E-state index in [0.29, 0.717) is 16.5 Å².